The summed E-state index contributed by atoms with van der Waals surface area (Å²) in [6.07, 6.45) is 0. The zero-order chi connectivity index (χ0) is 39.4. The molecule has 3 heteroatoms. The van der Waals surface area contributed by atoms with Crippen LogP contribution in [0.25, 0.3) is 89.1 Å². The molecule has 0 aliphatic carbocycles. The van der Waals surface area contributed by atoms with E-state index in [1.165, 1.54) is 0 Å². The van der Waals surface area contributed by atoms with Crippen molar-refractivity contribution in [2.75, 3.05) is 0 Å². The highest BCUT2D eigenvalue weighted by Gasteiger charge is 2.15. The Morgan fingerprint density at radius 2 is 0.760 bits per heavy atom. The van der Waals surface area contributed by atoms with Gasteiger partial charge in [0, 0.05) is 16.7 Å². The van der Waals surface area contributed by atoms with Crippen molar-refractivity contribution in [1.82, 2.24) is 15.0 Å². The third-order valence-corrected chi connectivity index (χ3v) is 8.71. The van der Waals surface area contributed by atoms with Gasteiger partial charge in [-0.3, -0.25) is 0 Å². The number of aromatic nitrogens is 3. The monoisotopic (exact) mass is 644 g/mol. The van der Waals surface area contributed by atoms with Gasteiger partial charge in [-0.25, -0.2) is 15.0 Å². The first-order chi connectivity index (χ1) is 27.7. The van der Waals surface area contributed by atoms with Crippen LogP contribution in [0.4, 0.5) is 0 Å². The summed E-state index contributed by atoms with van der Waals surface area (Å²) < 4.78 is 61.4. The molecule has 9 rings (SSSR count). The summed E-state index contributed by atoms with van der Waals surface area (Å²) in [5, 5.41) is 1.80. The van der Waals surface area contributed by atoms with Gasteiger partial charge in [0.25, 0.3) is 0 Å². The Morgan fingerprint density at radius 3 is 1.34 bits per heavy atom. The third kappa shape index (κ3) is 5.82. The number of rotatable bonds is 6. The summed E-state index contributed by atoms with van der Waals surface area (Å²) in [6.45, 7) is 0. The molecule has 0 fully saturated rings. The van der Waals surface area contributed by atoms with E-state index in [4.69, 9.17) is 21.8 Å². The number of fused-ring (bicyclic) bond motifs is 2. The summed E-state index contributed by atoms with van der Waals surface area (Å²) in [4.78, 5) is 14.8. The van der Waals surface area contributed by atoms with Gasteiger partial charge >= 0.3 is 0 Å². The molecule has 0 aliphatic heterocycles. The molecule has 1 aromatic heterocycles. The van der Waals surface area contributed by atoms with Crippen LogP contribution in [-0.4, -0.2) is 15.0 Å². The van der Waals surface area contributed by atoms with Crippen molar-refractivity contribution >= 4 is 21.5 Å². The first-order valence-corrected chi connectivity index (χ1v) is 16.3. The van der Waals surface area contributed by atoms with Crippen molar-refractivity contribution in [3.8, 4) is 67.5 Å². The highest BCUT2D eigenvalue weighted by atomic mass is 15.0. The van der Waals surface area contributed by atoms with Crippen LogP contribution in [0.5, 0.6) is 0 Å². The molecule has 0 aliphatic rings. The van der Waals surface area contributed by atoms with E-state index in [1.807, 2.05) is 97.1 Å². The molecule has 9 aromatic rings. The maximum absolute atomic E-state index is 9.37. The second-order valence-corrected chi connectivity index (χ2v) is 12.0. The minimum atomic E-state index is -0.512. The highest BCUT2D eigenvalue weighted by Crippen LogP contribution is 2.36. The van der Waals surface area contributed by atoms with Crippen molar-refractivity contribution in [3.05, 3.63) is 188 Å². The van der Waals surface area contributed by atoms with E-state index in [9.17, 15) is 2.74 Å². The number of benzene rings is 8. The molecule has 0 unspecified atom stereocenters. The molecule has 0 atom stereocenters. The van der Waals surface area contributed by atoms with E-state index in [-0.39, 0.29) is 34.5 Å². The van der Waals surface area contributed by atoms with Gasteiger partial charge in [-0.15, -0.1) is 0 Å². The molecule has 0 N–H and O–H groups in total. The van der Waals surface area contributed by atoms with Crippen LogP contribution < -0.4 is 0 Å². The summed E-state index contributed by atoms with van der Waals surface area (Å²) in [7, 11) is 0. The average molecular weight is 645 g/mol. The van der Waals surface area contributed by atoms with Crippen molar-refractivity contribution in [1.29, 1.82) is 0 Å². The fourth-order valence-electron chi connectivity index (χ4n) is 6.17. The van der Waals surface area contributed by atoms with Crippen molar-refractivity contribution < 1.29 is 9.60 Å². The van der Waals surface area contributed by atoms with Crippen molar-refractivity contribution in [3.63, 3.8) is 0 Å². The maximum Gasteiger partial charge on any atom is 0.164 e. The standard InChI is InChI=1S/C47H31N3/c1-4-12-32(13-5-1)37-22-23-39-28-41(25-24-38(39)27-37)43-29-42(40-21-20-33-14-10-11-19-36(33)26-40)30-44(31-43)47-49-45(34-15-6-2-7-16-34)48-46(50-47)35-17-8-3-9-18-35/h1-31H/i10D,11D,14D,19D,20D,21D,26D. The predicted octanol–water partition coefficient (Wildman–Crippen LogP) is 12.2. The lowest BCUT2D eigenvalue weighted by Crippen LogP contribution is -2.00. The first kappa shape index (κ1) is 22.8. The van der Waals surface area contributed by atoms with E-state index < -0.39 is 24.2 Å². The fourth-order valence-corrected chi connectivity index (χ4v) is 6.17. The maximum atomic E-state index is 9.37. The molecule has 0 radical (unpaired) electrons. The first-order valence-electron chi connectivity index (χ1n) is 19.8. The van der Waals surface area contributed by atoms with E-state index >= 15 is 0 Å². The van der Waals surface area contributed by atoms with E-state index in [2.05, 4.69) is 42.5 Å². The lowest BCUT2D eigenvalue weighted by atomic mass is 9.93. The van der Waals surface area contributed by atoms with Crippen LogP contribution >= 0.6 is 0 Å². The smallest absolute Gasteiger partial charge is 0.164 e. The van der Waals surface area contributed by atoms with Gasteiger partial charge in [-0.05, 0) is 91.3 Å². The van der Waals surface area contributed by atoms with Gasteiger partial charge in [0.05, 0.1) is 9.60 Å². The second-order valence-electron chi connectivity index (χ2n) is 12.0. The Hall–Kier alpha value is -6.71. The Kier molecular flexibility index (Phi) is 5.80. The topological polar surface area (TPSA) is 38.7 Å². The van der Waals surface area contributed by atoms with Crippen molar-refractivity contribution in [2.45, 2.75) is 0 Å². The Morgan fingerprint density at radius 1 is 0.300 bits per heavy atom. The van der Waals surface area contributed by atoms with Crippen LogP contribution in [0.2, 0.25) is 0 Å². The third-order valence-electron chi connectivity index (χ3n) is 8.71. The summed E-state index contributed by atoms with van der Waals surface area (Å²) in [6, 6.07) is 44.7. The van der Waals surface area contributed by atoms with Gasteiger partial charge in [-0.2, -0.15) is 0 Å². The molecule has 50 heavy (non-hydrogen) atoms. The van der Waals surface area contributed by atoms with Crippen LogP contribution in [-0.2, 0) is 0 Å². The molecule has 8 aromatic carbocycles. The summed E-state index contributed by atoms with van der Waals surface area (Å²) in [5.41, 5.74) is 6.44. The number of nitrogens with zero attached hydrogens (tertiary/aromatic N) is 3. The molecule has 0 amide bonds. The molecule has 1 heterocycles. The van der Waals surface area contributed by atoms with E-state index in [0.29, 0.717) is 28.6 Å². The molecular formula is C47H31N3. The lowest BCUT2D eigenvalue weighted by Gasteiger charge is -2.13. The summed E-state index contributed by atoms with van der Waals surface area (Å²) >= 11 is 0. The molecular weight excluding hydrogens is 607 g/mol. The summed E-state index contributed by atoms with van der Waals surface area (Å²) in [5.74, 6) is 1.28. The second kappa shape index (κ2) is 12.7. The Balaban J connectivity index is 1.30. The normalized spacial score (nSPS) is 13.2. The fraction of sp³-hybridized carbons (Fsp3) is 0. The molecule has 0 saturated heterocycles. The van der Waals surface area contributed by atoms with E-state index in [1.54, 1.807) is 6.07 Å². The zero-order valence-corrected chi connectivity index (χ0v) is 26.7. The zero-order valence-electron chi connectivity index (χ0n) is 33.7. The van der Waals surface area contributed by atoms with Crippen molar-refractivity contribution in [2.24, 2.45) is 0 Å². The lowest BCUT2D eigenvalue weighted by molar-refractivity contribution is 1.07. The minimum Gasteiger partial charge on any atom is -0.208 e. The molecule has 0 spiro atoms. The quantitative estimate of drug-likeness (QED) is 0.181. The van der Waals surface area contributed by atoms with Gasteiger partial charge < -0.3 is 0 Å². The van der Waals surface area contributed by atoms with Gasteiger partial charge in [-0.1, -0.05) is 152 Å². The average Bonchev–Trinajstić information content (AvgIpc) is 3.26. The molecule has 0 bridgehead atoms. The van der Waals surface area contributed by atoms with Gasteiger partial charge in [0.2, 0.25) is 0 Å². The van der Waals surface area contributed by atoms with E-state index in [0.717, 1.165) is 44.2 Å². The van der Waals surface area contributed by atoms with Gasteiger partial charge in [0.1, 0.15) is 0 Å². The van der Waals surface area contributed by atoms with Crippen LogP contribution in [0.1, 0.15) is 9.60 Å². The molecule has 0 saturated carbocycles. The Labute approximate surface area is 301 Å². The van der Waals surface area contributed by atoms with Crippen LogP contribution in [0.15, 0.2) is 188 Å². The van der Waals surface area contributed by atoms with Crippen LogP contribution in [0.3, 0.4) is 0 Å². The number of hydrogen-bond donors (Lipinski definition) is 0. The molecule has 3 nitrogen and oxygen atoms in total. The Bertz CT molecular complexity index is 2970. The minimum absolute atomic E-state index is 0.0644. The van der Waals surface area contributed by atoms with Gasteiger partial charge in [0.15, 0.2) is 17.5 Å². The SMILES string of the molecule is [2H]c1c([2H])c([2H])c2c([2H])c(-c3cc(-c4ccc5cc(-c6ccccc6)ccc5c4)cc(-c4nc(-c5ccccc5)nc(-c5ccccc5)n4)c3)c([2H])c([2H])c2c1[2H]. The predicted molar refractivity (Wildman–Crippen MR) is 207 cm³/mol. The largest absolute Gasteiger partial charge is 0.208 e. The highest BCUT2D eigenvalue weighted by molar-refractivity contribution is 5.93. The van der Waals surface area contributed by atoms with Crippen LogP contribution in [0, 0.1) is 0 Å². The number of hydrogen-bond acceptors (Lipinski definition) is 3. The molecule has 234 valence electrons.